The van der Waals surface area contributed by atoms with Crippen molar-refractivity contribution in [3.05, 3.63) is 48.9 Å². The van der Waals surface area contributed by atoms with E-state index in [-0.39, 0.29) is 12.0 Å². The summed E-state index contributed by atoms with van der Waals surface area (Å²) in [5.74, 6) is 0.933. The fourth-order valence-corrected chi connectivity index (χ4v) is 2.66. The van der Waals surface area contributed by atoms with Crippen LogP contribution in [-0.4, -0.2) is 47.5 Å². The first-order chi connectivity index (χ1) is 15.3. The number of nitrogen functional groups attached to an aromatic ring is 1. The third kappa shape index (κ3) is 5.06. The Hall–Kier alpha value is -4.29. The van der Waals surface area contributed by atoms with E-state index in [1.54, 1.807) is 19.3 Å². The number of rotatable bonds is 6. The van der Waals surface area contributed by atoms with Gasteiger partial charge in [0.2, 0.25) is 11.9 Å². The molecule has 0 spiro atoms. The summed E-state index contributed by atoms with van der Waals surface area (Å²) in [7, 11) is 1.69. The highest BCUT2D eigenvalue weighted by atomic mass is 19.4. The highest BCUT2D eigenvalue weighted by Gasteiger charge is 2.29. The molecular weight excluding hydrogens is 427 g/mol. The Morgan fingerprint density at radius 3 is 2.38 bits per heavy atom. The fourth-order valence-electron chi connectivity index (χ4n) is 2.66. The Balaban J connectivity index is 1.46. The van der Waals surface area contributed by atoms with Gasteiger partial charge in [0.05, 0.1) is 11.3 Å². The molecule has 0 saturated heterocycles. The number of ether oxygens (including phenoxy) is 1. The monoisotopic (exact) mass is 443 g/mol. The van der Waals surface area contributed by atoms with Gasteiger partial charge >= 0.3 is 12.2 Å². The van der Waals surface area contributed by atoms with Crippen molar-refractivity contribution in [2.24, 2.45) is 7.05 Å². The van der Waals surface area contributed by atoms with Gasteiger partial charge in [-0.2, -0.15) is 18.2 Å². The minimum atomic E-state index is -4.47. The quantitative estimate of drug-likeness (QED) is 0.462. The van der Waals surface area contributed by atoms with Crippen LogP contribution in [0.1, 0.15) is 0 Å². The third-order valence-electron chi connectivity index (χ3n) is 4.13. The molecule has 0 amide bonds. The zero-order chi connectivity index (χ0) is 22.7. The van der Waals surface area contributed by atoms with E-state index in [2.05, 4.69) is 40.1 Å². The van der Waals surface area contributed by atoms with Crippen molar-refractivity contribution in [2.75, 3.05) is 17.7 Å². The van der Waals surface area contributed by atoms with E-state index in [0.29, 0.717) is 23.0 Å². The number of aromatic nitrogens is 7. The summed E-state index contributed by atoms with van der Waals surface area (Å²) in [4.78, 5) is 20.0. The number of alkyl halides is 3. The Labute approximate surface area is 179 Å². The molecule has 3 heterocycles. The summed E-state index contributed by atoms with van der Waals surface area (Å²) < 4.78 is 42.7. The molecule has 10 nitrogen and oxygen atoms in total. The van der Waals surface area contributed by atoms with Gasteiger partial charge in [-0.1, -0.05) is 12.1 Å². The highest BCUT2D eigenvalue weighted by Crippen LogP contribution is 2.23. The first kappa shape index (κ1) is 21.0. The second-order valence-electron chi connectivity index (χ2n) is 6.54. The van der Waals surface area contributed by atoms with Crippen molar-refractivity contribution in [1.29, 1.82) is 0 Å². The summed E-state index contributed by atoms with van der Waals surface area (Å²) in [6, 6.07) is 8.81. The molecule has 0 unspecified atom stereocenters. The molecule has 3 N–H and O–H groups in total. The van der Waals surface area contributed by atoms with Crippen molar-refractivity contribution in [1.82, 2.24) is 34.7 Å². The van der Waals surface area contributed by atoms with Gasteiger partial charge in [0.15, 0.2) is 12.4 Å². The lowest BCUT2D eigenvalue weighted by Crippen LogP contribution is -2.20. The van der Waals surface area contributed by atoms with E-state index >= 15 is 0 Å². The molecule has 0 radical (unpaired) electrons. The van der Waals surface area contributed by atoms with E-state index in [4.69, 9.17) is 5.73 Å². The molecule has 13 heteroatoms. The second kappa shape index (κ2) is 8.45. The van der Waals surface area contributed by atoms with Crippen LogP contribution >= 0.6 is 0 Å². The van der Waals surface area contributed by atoms with E-state index in [9.17, 15) is 13.2 Å². The molecule has 0 aliphatic rings. The number of nitrogens with one attached hydrogen (secondary N) is 1. The van der Waals surface area contributed by atoms with E-state index < -0.39 is 12.8 Å². The van der Waals surface area contributed by atoms with E-state index in [0.717, 1.165) is 11.3 Å². The van der Waals surface area contributed by atoms with Gasteiger partial charge in [0.1, 0.15) is 0 Å². The van der Waals surface area contributed by atoms with Crippen molar-refractivity contribution in [2.45, 2.75) is 6.18 Å². The van der Waals surface area contributed by atoms with Gasteiger partial charge in [-0.15, -0.1) is 5.10 Å². The maximum Gasteiger partial charge on any atom is 0.422 e. The lowest BCUT2D eigenvalue weighted by molar-refractivity contribution is -0.154. The SMILES string of the molecule is Cn1nc(-c2cnc(OCC(F)(F)F)nc2)nc1Nc1ccc(-c2ccnc(N)n2)cc1. The van der Waals surface area contributed by atoms with Crippen LogP contribution in [0.4, 0.5) is 30.8 Å². The number of aryl methyl sites for hydroxylation is 1. The summed E-state index contributed by atoms with van der Waals surface area (Å²) in [6.45, 7) is -1.47. The molecule has 32 heavy (non-hydrogen) atoms. The predicted octanol–water partition coefficient (Wildman–Crippen LogP) is 3.00. The summed E-state index contributed by atoms with van der Waals surface area (Å²) in [5, 5.41) is 7.42. The zero-order valence-electron chi connectivity index (χ0n) is 16.6. The van der Waals surface area contributed by atoms with Gasteiger partial charge in [0, 0.05) is 36.9 Å². The van der Waals surface area contributed by atoms with E-state index in [1.807, 2.05) is 24.3 Å². The van der Waals surface area contributed by atoms with Crippen molar-refractivity contribution >= 4 is 17.6 Å². The van der Waals surface area contributed by atoms with Crippen molar-refractivity contribution in [3.8, 4) is 28.7 Å². The van der Waals surface area contributed by atoms with Gasteiger partial charge in [-0.25, -0.2) is 24.6 Å². The molecule has 1 aromatic carbocycles. The van der Waals surface area contributed by atoms with Crippen LogP contribution < -0.4 is 15.8 Å². The van der Waals surface area contributed by atoms with Gasteiger partial charge in [-0.3, -0.25) is 0 Å². The molecule has 0 atom stereocenters. The average molecular weight is 443 g/mol. The van der Waals surface area contributed by atoms with Crippen molar-refractivity contribution in [3.63, 3.8) is 0 Å². The summed E-state index contributed by atoms with van der Waals surface area (Å²) in [5.41, 5.74) is 8.37. The average Bonchev–Trinajstić information content (AvgIpc) is 3.13. The summed E-state index contributed by atoms with van der Waals surface area (Å²) >= 11 is 0. The first-order valence-corrected chi connectivity index (χ1v) is 9.16. The molecule has 164 valence electrons. The molecule has 0 fully saturated rings. The van der Waals surface area contributed by atoms with Gasteiger partial charge < -0.3 is 15.8 Å². The third-order valence-corrected chi connectivity index (χ3v) is 4.13. The minimum Gasteiger partial charge on any atom is -0.454 e. The standard InChI is InChI=1S/C19H16F3N9O/c1-31-17(27-13-4-2-11(3-5-13)14-6-7-24-16(23)28-14)29-15(30-31)12-8-25-18(26-9-12)32-10-19(20,21)22/h2-9H,10H2,1H3,(H2,23,24,28)(H,27,29,30). The first-order valence-electron chi connectivity index (χ1n) is 9.16. The molecular formula is C19H16F3N9O. The van der Waals surface area contributed by atoms with Crippen molar-refractivity contribution < 1.29 is 17.9 Å². The molecule has 3 aromatic heterocycles. The van der Waals surface area contributed by atoms with Crippen LogP contribution in [0.2, 0.25) is 0 Å². The number of benzene rings is 1. The van der Waals surface area contributed by atoms with Crippen LogP contribution in [0.5, 0.6) is 6.01 Å². The topological polar surface area (TPSA) is 130 Å². The number of nitrogens with zero attached hydrogens (tertiary/aromatic N) is 7. The largest absolute Gasteiger partial charge is 0.454 e. The number of anilines is 3. The minimum absolute atomic E-state index is 0.195. The zero-order valence-corrected chi connectivity index (χ0v) is 16.6. The number of halogens is 3. The maximum absolute atomic E-state index is 12.2. The lowest BCUT2D eigenvalue weighted by Gasteiger charge is -2.07. The van der Waals surface area contributed by atoms with Crippen LogP contribution in [0.3, 0.4) is 0 Å². The lowest BCUT2D eigenvalue weighted by atomic mass is 10.1. The molecule has 0 bridgehead atoms. The smallest absolute Gasteiger partial charge is 0.422 e. The summed E-state index contributed by atoms with van der Waals surface area (Å²) in [6.07, 6.45) is -0.296. The maximum atomic E-state index is 12.2. The molecule has 4 aromatic rings. The predicted molar refractivity (Wildman–Crippen MR) is 109 cm³/mol. The van der Waals surface area contributed by atoms with Crippen LogP contribution in [0.25, 0.3) is 22.6 Å². The highest BCUT2D eigenvalue weighted by molar-refractivity contribution is 5.65. The van der Waals surface area contributed by atoms with Crippen LogP contribution in [0, 0.1) is 0 Å². The Morgan fingerprint density at radius 2 is 1.72 bits per heavy atom. The second-order valence-corrected chi connectivity index (χ2v) is 6.54. The van der Waals surface area contributed by atoms with Gasteiger partial charge in [-0.05, 0) is 18.2 Å². The molecule has 0 saturated carbocycles. The molecule has 4 rings (SSSR count). The molecule has 0 aliphatic heterocycles. The Morgan fingerprint density at radius 1 is 1.00 bits per heavy atom. The van der Waals surface area contributed by atoms with Gasteiger partial charge in [0.25, 0.3) is 0 Å². The Kier molecular flexibility index (Phi) is 5.54. The number of hydrogen-bond donors (Lipinski definition) is 2. The molecule has 0 aliphatic carbocycles. The van der Waals surface area contributed by atoms with Crippen LogP contribution in [-0.2, 0) is 7.05 Å². The normalized spacial score (nSPS) is 11.4. The van der Waals surface area contributed by atoms with Crippen LogP contribution in [0.15, 0.2) is 48.9 Å². The Bertz CT molecular complexity index is 1210. The number of hydrogen-bond acceptors (Lipinski definition) is 9. The number of nitrogens with two attached hydrogens (primary N) is 1. The van der Waals surface area contributed by atoms with E-state index in [1.165, 1.54) is 17.1 Å². The fraction of sp³-hybridized carbons (Fsp3) is 0.158.